The molecule has 0 atom stereocenters. The molecule has 1 aliphatic heterocycles. The Hall–Kier alpha value is -1.70. The van der Waals surface area contributed by atoms with E-state index in [9.17, 15) is 13.2 Å². The first-order valence-corrected chi connectivity index (χ1v) is 10.2. The number of amides is 1. The summed E-state index contributed by atoms with van der Waals surface area (Å²) >= 11 is 1.18. The highest BCUT2D eigenvalue weighted by molar-refractivity contribution is 7.89. The van der Waals surface area contributed by atoms with Crippen LogP contribution < -0.4 is 0 Å². The molecule has 1 aromatic heterocycles. The predicted octanol–water partition coefficient (Wildman–Crippen LogP) is 2.59. The minimum Gasteiger partial charge on any atom is -0.341 e. The van der Waals surface area contributed by atoms with Crippen molar-refractivity contribution in [1.82, 2.24) is 9.21 Å². The minimum absolute atomic E-state index is 0.122. The van der Waals surface area contributed by atoms with Crippen LogP contribution >= 0.6 is 11.3 Å². The number of benzene rings is 1. The van der Waals surface area contributed by atoms with E-state index in [2.05, 4.69) is 0 Å². The zero-order valence-corrected chi connectivity index (χ0v) is 15.4. The zero-order valence-electron chi connectivity index (χ0n) is 13.7. The first-order valence-electron chi connectivity index (χ1n) is 7.85. The van der Waals surface area contributed by atoms with Crippen LogP contribution in [-0.4, -0.2) is 43.7 Å². The Morgan fingerprint density at radius 2 is 1.96 bits per heavy atom. The maximum atomic E-state index is 13.1. The van der Waals surface area contributed by atoms with Crippen LogP contribution in [0, 0.1) is 0 Å². The monoisotopic (exact) mass is 364 g/mol. The van der Waals surface area contributed by atoms with E-state index in [0.717, 1.165) is 5.56 Å². The van der Waals surface area contributed by atoms with Crippen molar-refractivity contribution in [2.24, 2.45) is 0 Å². The highest BCUT2D eigenvalue weighted by Crippen LogP contribution is 2.29. The number of nitrogens with zero attached hydrogens (tertiary/aromatic N) is 2. The van der Waals surface area contributed by atoms with Crippen molar-refractivity contribution in [3.63, 3.8) is 0 Å². The number of carbonyl (C=O) groups is 1. The molecule has 0 bridgehead atoms. The summed E-state index contributed by atoms with van der Waals surface area (Å²) in [6.07, 6.45) is 0.692. The molecule has 1 aromatic carbocycles. The van der Waals surface area contributed by atoms with Gasteiger partial charge in [-0.05, 0) is 35.9 Å². The van der Waals surface area contributed by atoms with E-state index in [-0.39, 0.29) is 10.8 Å². The molecule has 0 saturated heterocycles. The molecule has 2 aromatic rings. The SMILES string of the molecule is CCN(C)C(=O)c1sccc1S(=O)(=O)N1CCc2ccccc2C1. The topological polar surface area (TPSA) is 57.7 Å². The molecule has 24 heavy (non-hydrogen) atoms. The van der Waals surface area contributed by atoms with Crippen LogP contribution in [-0.2, 0) is 23.0 Å². The number of rotatable bonds is 4. The fourth-order valence-corrected chi connectivity index (χ4v) is 5.60. The van der Waals surface area contributed by atoms with Gasteiger partial charge in [0.25, 0.3) is 5.91 Å². The molecule has 0 spiro atoms. The van der Waals surface area contributed by atoms with E-state index >= 15 is 0 Å². The molecular formula is C17H20N2O3S2. The maximum Gasteiger partial charge on any atom is 0.265 e. The largest absolute Gasteiger partial charge is 0.341 e. The van der Waals surface area contributed by atoms with Gasteiger partial charge in [0.2, 0.25) is 10.0 Å². The molecule has 0 aliphatic carbocycles. The summed E-state index contributed by atoms with van der Waals surface area (Å²) in [5, 5.41) is 1.67. The van der Waals surface area contributed by atoms with E-state index < -0.39 is 10.0 Å². The quantitative estimate of drug-likeness (QED) is 0.838. The van der Waals surface area contributed by atoms with Crippen molar-refractivity contribution < 1.29 is 13.2 Å². The summed E-state index contributed by atoms with van der Waals surface area (Å²) in [7, 11) is -2.01. The average Bonchev–Trinajstić information content (AvgIpc) is 3.10. The summed E-state index contributed by atoms with van der Waals surface area (Å²) in [6, 6.07) is 9.43. The van der Waals surface area contributed by atoms with E-state index in [0.29, 0.717) is 30.9 Å². The Morgan fingerprint density at radius 3 is 2.67 bits per heavy atom. The Balaban J connectivity index is 1.93. The van der Waals surface area contributed by atoms with Crippen LogP contribution in [0.4, 0.5) is 0 Å². The fraction of sp³-hybridized carbons (Fsp3) is 0.353. The average molecular weight is 364 g/mol. The summed E-state index contributed by atoms with van der Waals surface area (Å²) < 4.78 is 27.6. The van der Waals surface area contributed by atoms with Gasteiger partial charge in [-0.15, -0.1) is 11.3 Å². The molecule has 128 valence electrons. The second kappa shape index (κ2) is 6.66. The standard InChI is InChI=1S/C17H20N2O3S2/c1-3-18(2)17(20)16-15(9-11-23-16)24(21,22)19-10-8-13-6-4-5-7-14(13)12-19/h4-7,9,11H,3,8,10,12H2,1-2H3. The third kappa shape index (κ3) is 2.99. The van der Waals surface area contributed by atoms with Gasteiger partial charge in [0, 0.05) is 26.7 Å². The smallest absolute Gasteiger partial charge is 0.265 e. The molecular weight excluding hydrogens is 344 g/mol. The van der Waals surface area contributed by atoms with Crippen LogP contribution in [0.3, 0.4) is 0 Å². The maximum absolute atomic E-state index is 13.1. The van der Waals surface area contributed by atoms with Gasteiger partial charge in [-0.25, -0.2) is 8.42 Å². The second-order valence-electron chi connectivity index (χ2n) is 5.79. The van der Waals surface area contributed by atoms with Gasteiger partial charge in [0.05, 0.1) is 0 Å². The molecule has 3 rings (SSSR count). The second-order valence-corrected chi connectivity index (χ2v) is 8.61. The molecule has 2 heterocycles. The van der Waals surface area contributed by atoms with Crippen LogP contribution in [0.2, 0.25) is 0 Å². The molecule has 1 amide bonds. The Bertz CT molecular complexity index is 858. The minimum atomic E-state index is -3.68. The van der Waals surface area contributed by atoms with Crippen molar-refractivity contribution >= 4 is 27.3 Å². The lowest BCUT2D eigenvalue weighted by atomic mass is 10.0. The summed E-state index contributed by atoms with van der Waals surface area (Å²) in [5.41, 5.74) is 2.22. The fourth-order valence-electron chi connectivity index (χ4n) is 2.79. The Kier molecular flexibility index (Phi) is 4.76. The van der Waals surface area contributed by atoms with Gasteiger partial charge < -0.3 is 4.90 Å². The molecule has 0 radical (unpaired) electrons. The predicted molar refractivity (Wildman–Crippen MR) is 94.7 cm³/mol. The lowest BCUT2D eigenvalue weighted by Crippen LogP contribution is -2.37. The summed E-state index contributed by atoms with van der Waals surface area (Å²) in [4.78, 5) is 14.4. The molecule has 0 N–H and O–H groups in total. The lowest BCUT2D eigenvalue weighted by molar-refractivity contribution is 0.0803. The first kappa shape index (κ1) is 17.1. The van der Waals surface area contributed by atoms with Gasteiger partial charge in [-0.1, -0.05) is 24.3 Å². The van der Waals surface area contributed by atoms with Crippen LogP contribution in [0.15, 0.2) is 40.6 Å². The molecule has 1 aliphatic rings. The third-order valence-electron chi connectivity index (χ3n) is 4.36. The molecule has 0 saturated carbocycles. The normalized spacial score (nSPS) is 15.1. The molecule has 0 fully saturated rings. The zero-order chi connectivity index (χ0) is 17.3. The van der Waals surface area contributed by atoms with Crippen LogP contribution in [0.25, 0.3) is 0 Å². The van der Waals surface area contributed by atoms with Crippen LogP contribution in [0.1, 0.15) is 27.7 Å². The van der Waals surface area contributed by atoms with E-state index in [4.69, 9.17) is 0 Å². The van der Waals surface area contributed by atoms with Crippen LogP contribution in [0.5, 0.6) is 0 Å². The van der Waals surface area contributed by atoms with Gasteiger partial charge in [0.1, 0.15) is 9.77 Å². The van der Waals surface area contributed by atoms with E-state index in [1.54, 1.807) is 12.4 Å². The molecule has 5 nitrogen and oxygen atoms in total. The van der Waals surface area contributed by atoms with Gasteiger partial charge >= 0.3 is 0 Å². The highest BCUT2D eigenvalue weighted by atomic mass is 32.2. The van der Waals surface area contributed by atoms with E-state index in [1.807, 2.05) is 31.2 Å². The van der Waals surface area contributed by atoms with E-state index in [1.165, 1.54) is 32.2 Å². The third-order valence-corrected chi connectivity index (χ3v) is 7.28. The Labute approximate surface area is 146 Å². The Morgan fingerprint density at radius 1 is 1.25 bits per heavy atom. The molecule has 0 unspecified atom stereocenters. The number of hydrogen-bond donors (Lipinski definition) is 0. The number of thiophene rings is 1. The van der Waals surface area contributed by atoms with Crippen molar-refractivity contribution in [3.8, 4) is 0 Å². The van der Waals surface area contributed by atoms with Gasteiger partial charge in [-0.3, -0.25) is 4.79 Å². The van der Waals surface area contributed by atoms with Crippen molar-refractivity contribution in [1.29, 1.82) is 0 Å². The summed E-state index contributed by atoms with van der Waals surface area (Å²) in [5.74, 6) is -0.247. The number of fused-ring (bicyclic) bond motifs is 1. The van der Waals surface area contributed by atoms with Gasteiger partial charge in [0.15, 0.2) is 0 Å². The highest BCUT2D eigenvalue weighted by Gasteiger charge is 2.32. The lowest BCUT2D eigenvalue weighted by Gasteiger charge is -2.28. The van der Waals surface area contributed by atoms with Crippen molar-refractivity contribution in [3.05, 3.63) is 51.7 Å². The number of hydrogen-bond acceptors (Lipinski definition) is 4. The van der Waals surface area contributed by atoms with Crippen molar-refractivity contribution in [2.45, 2.75) is 24.8 Å². The number of carbonyl (C=O) groups excluding carboxylic acids is 1. The molecule has 7 heteroatoms. The number of sulfonamides is 1. The van der Waals surface area contributed by atoms with Gasteiger partial charge in [-0.2, -0.15) is 4.31 Å². The van der Waals surface area contributed by atoms with Crippen molar-refractivity contribution in [2.75, 3.05) is 20.1 Å². The summed E-state index contributed by atoms with van der Waals surface area (Å²) in [6.45, 7) is 3.19. The first-order chi connectivity index (χ1) is 11.4.